The predicted molar refractivity (Wildman–Crippen MR) is 129 cm³/mol. The molecule has 0 aliphatic carbocycles. The van der Waals surface area contributed by atoms with Crippen LogP contribution in [-0.4, -0.2) is 49.0 Å². The van der Waals surface area contributed by atoms with E-state index in [0.717, 1.165) is 61.9 Å². The molecule has 0 bridgehead atoms. The van der Waals surface area contributed by atoms with E-state index in [1.54, 1.807) is 0 Å². The van der Waals surface area contributed by atoms with Crippen LogP contribution in [-0.2, 0) is 0 Å². The summed E-state index contributed by atoms with van der Waals surface area (Å²) in [5.41, 5.74) is 3.88. The minimum absolute atomic E-state index is 0.0102. The number of carbonyl (C=O) groups excluding carboxylic acids is 1. The molecule has 164 valence electrons. The molecule has 1 amide bonds. The lowest BCUT2D eigenvalue weighted by molar-refractivity contribution is 0.0930. The van der Waals surface area contributed by atoms with Gasteiger partial charge in [0.2, 0.25) is 0 Å². The summed E-state index contributed by atoms with van der Waals surface area (Å²) < 4.78 is 0. The molecule has 31 heavy (non-hydrogen) atoms. The molecule has 1 aliphatic heterocycles. The average molecular weight is 439 g/mol. The molecule has 2 heterocycles. The van der Waals surface area contributed by atoms with Crippen LogP contribution in [0, 0.1) is 0 Å². The minimum Gasteiger partial charge on any atom is -0.369 e. The first kappa shape index (κ1) is 21.7. The van der Waals surface area contributed by atoms with Crippen LogP contribution in [0.5, 0.6) is 0 Å². The molecule has 3 aromatic rings. The number of piperazine rings is 1. The van der Waals surface area contributed by atoms with Crippen molar-refractivity contribution in [2.24, 2.45) is 0 Å². The summed E-state index contributed by atoms with van der Waals surface area (Å²) in [6.07, 6.45) is 3.08. The molecule has 1 unspecified atom stereocenters. The van der Waals surface area contributed by atoms with Gasteiger partial charge in [-0.15, -0.1) is 0 Å². The molecule has 5 nitrogen and oxygen atoms in total. The standard InChI is InChI=1S/C25H31ClN4O/c1-3-4-5-22(18-6-9-21(10-7-18)30-14-12-29(2)13-15-30)28-25(31)24-17-19-16-20(26)8-11-23(19)27-24/h6-11,16-17,22,27H,3-5,12-15H2,1-2H3,(H,28,31). The Morgan fingerprint density at radius 2 is 1.84 bits per heavy atom. The highest BCUT2D eigenvalue weighted by atomic mass is 35.5. The highest BCUT2D eigenvalue weighted by Crippen LogP contribution is 2.25. The van der Waals surface area contributed by atoms with Crippen molar-refractivity contribution in [2.75, 3.05) is 38.1 Å². The lowest BCUT2D eigenvalue weighted by Crippen LogP contribution is -2.44. The lowest BCUT2D eigenvalue weighted by atomic mass is 10.00. The van der Waals surface area contributed by atoms with Crippen LogP contribution >= 0.6 is 11.6 Å². The molecule has 0 radical (unpaired) electrons. The van der Waals surface area contributed by atoms with Gasteiger partial charge in [-0.2, -0.15) is 0 Å². The van der Waals surface area contributed by atoms with Gasteiger partial charge in [0.1, 0.15) is 5.69 Å². The Morgan fingerprint density at radius 1 is 1.10 bits per heavy atom. The Hall–Kier alpha value is -2.50. The minimum atomic E-state index is -0.0865. The second-order valence-corrected chi connectivity index (χ2v) is 8.90. The van der Waals surface area contributed by atoms with Crippen molar-refractivity contribution in [3.63, 3.8) is 0 Å². The number of hydrogen-bond acceptors (Lipinski definition) is 3. The maximum absolute atomic E-state index is 13.0. The van der Waals surface area contributed by atoms with E-state index in [4.69, 9.17) is 11.6 Å². The fraction of sp³-hybridized carbons (Fsp3) is 0.400. The monoisotopic (exact) mass is 438 g/mol. The predicted octanol–water partition coefficient (Wildman–Crippen LogP) is 5.23. The first-order valence-electron chi connectivity index (χ1n) is 11.2. The number of carbonyl (C=O) groups is 1. The third kappa shape index (κ3) is 5.23. The zero-order chi connectivity index (χ0) is 21.8. The van der Waals surface area contributed by atoms with Crippen molar-refractivity contribution in [2.45, 2.75) is 32.2 Å². The summed E-state index contributed by atoms with van der Waals surface area (Å²) in [5.74, 6) is -0.0865. The van der Waals surface area contributed by atoms with Gasteiger partial charge in [0, 0.05) is 47.8 Å². The van der Waals surface area contributed by atoms with E-state index in [0.29, 0.717) is 10.7 Å². The fourth-order valence-corrected chi connectivity index (χ4v) is 4.35. The van der Waals surface area contributed by atoms with Gasteiger partial charge in [-0.1, -0.05) is 43.5 Å². The second-order valence-electron chi connectivity index (χ2n) is 8.46. The Morgan fingerprint density at radius 3 is 2.55 bits per heavy atom. The Balaban J connectivity index is 1.49. The number of anilines is 1. The van der Waals surface area contributed by atoms with Gasteiger partial charge in [0.25, 0.3) is 5.91 Å². The molecule has 2 aromatic carbocycles. The van der Waals surface area contributed by atoms with E-state index < -0.39 is 0 Å². The molecule has 1 saturated heterocycles. The van der Waals surface area contributed by atoms with Crippen LogP contribution in [0.25, 0.3) is 10.9 Å². The van der Waals surface area contributed by atoms with Gasteiger partial charge in [-0.3, -0.25) is 4.79 Å². The zero-order valence-electron chi connectivity index (χ0n) is 18.3. The number of nitrogens with zero attached hydrogens (tertiary/aromatic N) is 2. The van der Waals surface area contributed by atoms with Crippen LogP contribution in [0.1, 0.15) is 48.3 Å². The smallest absolute Gasteiger partial charge is 0.268 e. The number of hydrogen-bond donors (Lipinski definition) is 2. The molecule has 0 saturated carbocycles. The fourth-order valence-electron chi connectivity index (χ4n) is 4.17. The van der Waals surface area contributed by atoms with E-state index in [1.165, 1.54) is 5.69 Å². The molecular weight excluding hydrogens is 408 g/mol. The molecule has 0 spiro atoms. The Labute approximate surface area is 189 Å². The normalized spacial score (nSPS) is 15.9. The van der Waals surface area contributed by atoms with Gasteiger partial charge >= 0.3 is 0 Å². The van der Waals surface area contributed by atoms with Crippen LogP contribution in [0.15, 0.2) is 48.5 Å². The molecule has 1 aromatic heterocycles. The SMILES string of the molecule is CCCCC(NC(=O)c1cc2cc(Cl)ccc2[nH]1)c1ccc(N2CCN(C)CC2)cc1. The quantitative estimate of drug-likeness (QED) is 0.530. The summed E-state index contributed by atoms with van der Waals surface area (Å²) in [6.45, 7) is 6.46. The van der Waals surface area contributed by atoms with E-state index >= 15 is 0 Å². The van der Waals surface area contributed by atoms with E-state index in [-0.39, 0.29) is 11.9 Å². The van der Waals surface area contributed by atoms with Gasteiger partial charge in [-0.25, -0.2) is 0 Å². The molecule has 1 atom stereocenters. The average Bonchev–Trinajstić information content (AvgIpc) is 3.20. The number of benzene rings is 2. The third-order valence-electron chi connectivity index (χ3n) is 6.14. The molecule has 1 aliphatic rings. The van der Waals surface area contributed by atoms with Crippen molar-refractivity contribution < 1.29 is 4.79 Å². The van der Waals surface area contributed by atoms with Crippen LogP contribution < -0.4 is 10.2 Å². The van der Waals surface area contributed by atoms with Gasteiger partial charge in [0.15, 0.2) is 0 Å². The summed E-state index contributed by atoms with van der Waals surface area (Å²) in [7, 11) is 2.17. The highest BCUT2D eigenvalue weighted by molar-refractivity contribution is 6.31. The van der Waals surface area contributed by atoms with Crippen LogP contribution in [0.2, 0.25) is 5.02 Å². The van der Waals surface area contributed by atoms with Gasteiger partial charge in [0.05, 0.1) is 6.04 Å². The maximum Gasteiger partial charge on any atom is 0.268 e. The number of aromatic nitrogens is 1. The number of likely N-dealkylation sites (N-methyl/N-ethyl adjacent to an activating group) is 1. The maximum atomic E-state index is 13.0. The van der Waals surface area contributed by atoms with Crippen LogP contribution in [0.3, 0.4) is 0 Å². The number of unbranched alkanes of at least 4 members (excludes halogenated alkanes) is 1. The van der Waals surface area contributed by atoms with Crippen molar-refractivity contribution in [1.82, 2.24) is 15.2 Å². The number of fused-ring (bicyclic) bond motifs is 1. The van der Waals surface area contributed by atoms with Gasteiger partial charge < -0.3 is 20.1 Å². The first-order valence-corrected chi connectivity index (χ1v) is 11.5. The lowest BCUT2D eigenvalue weighted by Gasteiger charge is -2.34. The Kier molecular flexibility index (Phi) is 6.83. The van der Waals surface area contributed by atoms with E-state index in [1.807, 2.05) is 24.3 Å². The largest absolute Gasteiger partial charge is 0.369 e. The molecule has 2 N–H and O–H groups in total. The zero-order valence-corrected chi connectivity index (χ0v) is 19.1. The number of aromatic amines is 1. The van der Waals surface area contributed by atoms with Crippen molar-refractivity contribution in [3.05, 3.63) is 64.8 Å². The number of nitrogens with one attached hydrogen (secondary N) is 2. The highest BCUT2D eigenvalue weighted by Gasteiger charge is 2.19. The Bertz CT molecular complexity index is 1020. The number of H-pyrrole nitrogens is 1. The van der Waals surface area contributed by atoms with Gasteiger partial charge in [-0.05, 0) is 55.4 Å². The summed E-state index contributed by atoms with van der Waals surface area (Å²) in [6, 6.07) is 16.2. The third-order valence-corrected chi connectivity index (χ3v) is 6.38. The van der Waals surface area contributed by atoms with Crippen molar-refractivity contribution >= 4 is 34.1 Å². The molecule has 1 fully saturated rings. The number of halogens is 1. The number of rotatable bonds is 7. The van der Waals surface area contributed by atoms with Crippen LogP contribution in [0.4, 0.5) is 5.69 Å². The topological polar surface area (TPSA) is 51.4 Å². The summed E-state index contributed by atoms with van der Waals surface area (Å²) in [4.78, 5) is 21.0. The van der Waals surface area contributed by atoms with E-state index in [2.05, 4.69) is 58.3 Å². The second kappa shape index (κ2) is 9.75. The summed E-state index contributed by atoms with van der Waals surface area (Å²) >= 11 is 6.08. The van der Waals surface area contributed by atoms with Crippen molar-refractivity contribution in [1.29, 1.82) is 0 Å². The number of amides is 1. The summed E-state index contributed by atoms with van der Waals surface area (Å²) in [5, 5.41) is 4.85. The van der Waals surface area contributed by atoms with Crippen molar-refractivity contribution in [3.8, 4) is 0 Å². The molecule has 6 heteroatoms. The molecule has 4 rings (SSSR count). The molecular formula is C25H31ClN4O. The first-order chi connectivity index (χ1) is 15.0. The van der Waals surface area contributed by atoms with E-state index in [9.17, 15) is 4.79 Å².